The fourth-order valence-corrected chi connectivity index (χ4v) is 5.55. The number of hydrazine groups is 1. The Balaban J connectivity index is 1.70. The molecule has 0 aromatic carbocycles. The van der Waals surface area contributed by atoms with Crippen molar-refractivity contribution in [1.82, 2.24) is 5.43 Å². The summed E-state index contributed by atoms with van der Waals surface area (Å²) < 4.78 is 5.63. The summed E-state index contributed by atoms with van der Waals surface area (Å²) >= 11 is 0. The monoisotopic (exact) mass is 246 g/mol. The fraction of sp³-hybridized carbons (Fsp3) is 0.733. The van der Waals surface area contributed by atoms with Crippen LogP contribution in [0.3, 0.4) is 0 Å². The molecule has 4 saturated carbocycles. The molecular formula is C15H22N2O. The lowest BCUT2D eigenvalue weighted by Crippen LogP contribution is -2.53. The molecule has 18 heavy (non-hydrogen) atoms. The highest BCUT2D eigenvalue weighted by atomic mass is 16.3. The van der Waals surface area contributed by atoms with Crippen LogP contribution in [0.25, 0.3) is 0 Å². The number of nitrogens with two attached hydrogens (primary N) is 1. The molecule has 1 unspecified atom stereocenters. The van der Waals surface area contributed by atoms with Crippen molar-refractivity contribution >= 4 is 0 Å². The molecule has 0 amide bonds. The smallest absolute Gasteiger partial charge is 0.122 e. The number of rotatable bonds is 3. The van der Waals surface area contributed by atoms with E-state index in [4.69, 9.17) is 10.3 Å². The van der Waals surface area contributed by atoms with Gasteiger partial charge in [0.2, 0.25) is 0 Å². The van der Waals surface area contributed by atoms with Crippen LogP contribution in [0.4, 0.5) is 0 Å². The Bertz CT molecular complexity index is 390. The Kier molecular flexibility index (Phi) is 2.36. The van der Waals surface area contributed by atoms with Gasteiger partial charge in [0.15, 0.2) is 0 Å². The summed E-state index contributed by atoms with van der Waals surface area (Å²) in [6, 6.07) is 4.25. The summed E-state index contributed by atoms with van der Waals surface area (Å²) in [4.78, 5) is 0. The van der Waals surface area contributed by atoms with Gasteiger partial charge in [-0.05, 0) is 73.8 Å². The molecule has 4 aliphatic rings. The second-order valence-electron chi connectivity index (χ2n) is 6.90. The quantitative estimate of drug-likeness (QED) is 0.636. The summed E-state index contributed by atoms with van der Waals surface area (Å²) in [6.45, 7) is 0. The van der Waals surface area contributed by atoms with Gasteiger partial charge in [0, 0.05) is 0 Å². The first-order valence-corrected chi connectivity index (χ1v) is 7.28. The van der Waals surface area contributed by atoms with Crippen molar-refractivity contribution in [2.75, 3.05) is 0 Å². The van der Waals surface area contributed by atoms with Crippen molar-refractivity contribution in [3.63, 3.8) is 0 Å². The summed E-state index contributed by atoms with van der Waals surface area (Å²) in [5.74, 6) is 9.74. The van der Waals surface area contributed by atoms with Gasteiger partial charge in [-0.1, -0.05) is 0 Å². The molecule has 3 N–H and O–H groups in total. The second-order valence-corrected chi connectivity index (χ2v) is 6.90. The maximum Gasteiger partial charge on any atom is 0.122 e. The topological polar surface area (TPSA) is 51.2 Å². The van der Waals surface area contributed by atoms with E-state index in [9.17, 15) is 0 Å². The molecule has 98 valence electrons. The molecule has 0 aliphatic heterocycles. The fourth-order valence-electron chi connectivity index (χ4n) is 5.55. The third kappa shape index (κ3) is 1.50. The van der Waals surface area contributed by atoms with E-state index in [-0.39, 0.29) is 6.04 Å². The Labute approximate surface area is 108 Å². The van der Waals surface area contributed by atoms with Gasteiger partial charge >= 0.3 is 0 Å². The van der Waals surface area contributed by atoms with E-state index in [2.05, 4.69) is 11.5 Å². The summed E-state index contributed by atoms with van der Waals surface area (Å²) in [5.41, 5.74) is 3.43. The van der Waals surface area contributed by atoms with Crippen molar-refractivity contribution in [2.24, 2.45) is 29.0 Å². The SMILES string of the molecule is NNC(c1ccco1)C12CC3CC(CC(C3)C1)C2. The normalized spacial score (nSPS) is 43.3. The molecule has 5 rings (SSSR count). The molecule has 1 heterocycles. The highest BCUT2D eigenvalue weighted by Gasteiger charge is 2.54. The predicted octanol–water partition coefficient (Wildman–Crippen LogP) is 3.00. The molecule has 1 atom stereocenters. The highest BCUT2D eigenvalue weighted by molar-refractivity contribution is 5.14. The number of furan rings is 1. The molecule has 0 radical (unpaired) electrons. The van der Waals surface area contributed by atoms with E-state index < -0.39 is 0 Å². The lowest BCUT2D eigenvalue weighted by atomic mass is 9.47. The first-order chi connectivity index (χ1) is 8.79. The lowest BCUT2D eigenvalue weighted by Gasteiger charge is -2.58. The van der Waals surface area contributed by atoms with Crippen LogP contribution in [0, 0.1) is 23.2 Å². The van der Waals surface area contributed by atoms with Crippen LogP contribution in [0.5, 0.6) is 0 Å². The van der Waals surface area contributed by atoms with Gasteiger partial charge in [-0.15, -0.1) is 0 Å². The van der Waals surface area contributed by atoms with Crippen LogP contribution < -0.4 is 11.3 Å². The molecule has 4 fully saturated rings. The molecule has 4 aliphatic carbocycles. The molecule has 1 aromatic heterocycles. The number of nitrogens with one attached hydrogen (secondary N) is 1. The molecule has 0 spiro atoms. The predicted molar refractivity (Wildman–Crippen MR) is 69.4 cm³/mol. The molecule has 1 aromatic rings. The minimum absolute atomic E-state index is 0.209. The van der Waals surface area contributed by atoms with Crippen molar-refractivity contribution < 1.29 is 4.42 Å². The average Bonchev–Trinajstić information content (AvgIpc) is 2.81. The van der Waals surface area contributed by atoms with Crippen LogP contribution in [0.15, 0.2) is 22.8 Å². The maximum absolute atomic E-state index is 5.88. The standard InChI is InChI=1S/C15H22N2O/c16-17-14(13-2-1-3-18-13)15-7-10-4-11(8-15)6-12(5-10)9-15/h1-3,10-12,14,17H,4-9,16H2. The largest absolute Gasteiger partial charge is 0.468 e. The van der Waals surface area contributed by atoms with E-state index in [1.54, 1.807) is 6.26 Å². The van der Waals surface area contributed by atoms with E-state index in [1.165, 1.54) is 38.5 Å². The zero-order valence-electron chi connectivity index (χ0n) is 10.8. The Morgan fingerprint density at radius 3 is 2.22 bits per heavy atom. The van der Waals surface area contributed by atoms with Crippen LogP contribution in [-0.2, 0) is 0 Å². The summed E-state index contributed by atoms with van der Waals surface area (Å²) in [6.07, 6.45) is 10.2. The van der Waals surface area contributed by atoms with E-state index >= 15 is 0 Å². The maximum atomic E-state index is 5.88. The first-order valence-electron chi connectivity index (χ1n) is 7.28. The van der Waals surface area contributed by atoms with Crippen molar-refractivity contribution in [3.05, 3.63) is 24.2 Å². The van der Waals surface area contributed by atoms with Gasteiger partial charge < -0.3 is 4.42 Å². The Hall–Kier alpha value is -0.800. The van der Waals surface area contributed by atoms with E-state index in [0.29, 0.717) is 5.41 Å². The third-order valence-electron chi connectivity index (χ3n) is 5.69. The second kappa shape index (κ2) is 3.84. The van der Waals surface area contributed by atoms with Gasteiger partial charge in [0.1, 0.15) is 5.76 Å². The Morgan fingerprint density at radius 1 is 1.17 bits per heavy atom. The van der Waals surface area contributed by atoms with E-state index in [0.717, 1.165) is 23.5 Å². The van der Waals surface area contributed by atoms with Crippen molar-refractivity contribution in [2.45, 2.75) is 44.6 Å². The lowest BCUT2D eigenvalue weighted by molar-refractivity contribution is -0.0784. The van der Waals surface area contributed by atoms with Crippen LogP contribution in [-0.4, -0.2) is 0 Å². The first kappa shape index (κ1) is 11.1. The van der Waals surface area contributed by atoms with Gasteiger partial charge in [-0.3, -0.25) is 5.84 Å². The van der Waals surface area contributed by atoms with Gasteiger partial charge in [0.05, 0.1) is 12.3 Å². The molecular weight excluding hydrogens is 224 g/mol. The van der Waals surface area contributed by atoms with Gasteiger partial charge in [0.25, 0.3) is 0 Å². The van der Waals surface area contributed by atoms with Crippen molar-refractivity contribution in [1.29, 1.82) is 0 Å². The Morgan fingerprint density at radius 2 is 1.78 bits per heavy atom. The molecule has 0 saturated heterocycles. The van der Waals surface area contributed by atoms with Crippen LogP contribution >= 0.6 is 0 Å². The number of hydrogen-bond donors (Lipinski definition) is 2. The highest BCUT2D eigenvalue weighted by Crippen LogP contribution is 2.63. The van der Waals surface area contributed by atoms with Gasteiger partial charge in [-0.25, -0.2) is 5.43 Å². The summed E-state index contributed by atoms with van der Waals surface area (Å²) in [5, 5.41) is 0. The average molecular weight is 246 g/mol. The van der Waals surface area contributed by atoms with Crippen LogP contribution in [0.1, 0.15) is 50.3 Å². The third-order valence-corrected chi connectivity index (χ3v) is 5.69. The van der Waals surface area contributed by atoms with Crippen LogP contribution in [0.2, 0.25) is 0 Å². The molecule has 4 bridgehead atoms. The zero-order chi connectivity index (χ0) is 12.2. The van der Waals surface area contributed by atoms with Gasteiger partial charge in [-0.2, -0.15) is 0 Å². The minimum atomic E-state index is 0.209. The van der Waals surface area contributed by atoms with Crippen molar-refractivity contribution in [3.8, 4) is 0 Å². The number of hydrogen-bond acceptors (Lipinski definition) is 3. The molecule has 3 nitrogen and oxygen atoms in total. The zero-order valence-corrected chi connectivity index (χ0v) is 10.8. The summed E-state index contributed by atoms with van der Waals surface area (Å²) in [7, 11) is 0. The minimum Gasteiger partial charge on any atom is -0.468 e. The van der Waals surface area contributed by atoms with E-state index in [1.807, 2.05) is 6.07 Å². The molecule has 3 heteroatoms.